The minimum absolute atomic E-state index is 0.225. The lowest BCUT2D eigenvalue weighted by Crippen LogP contribution is -2.21. The topological polar surface area (TPSA) is 51.8 Å². The molecule has 1 aromatic rings. The van der Waals surface area contributed by atoms with Gasteiger partial charge in [-0.05, 0) is 18.4 Å². The summed E-state index contributed by atoms with van der Waals surface area (Å²) in [5, 5.41) is 0. The normalized spacial score (nSPS) is 13.2. The third kappa shape index (κ3) is 3.07. The molecular formula is C11H19N3. The molecule has 0 saturated carbocycles. The molecule has 14 heavy (non-hydrogen) atoms. The average Bonchev–Trinajstić information content (AvgIpc) is 2.18. The highest BCUT2D eigenvalue weighted by molar-refractivity contribution is 5.08. The molecule has 0 bridgehead atoms. The first-order chi connectivity index (χ1) is 6.63. The first-order valence-corrected chi connectivity index (χ1v) is 5.19. The van der Waals surface area contributed by atoms with Crippen molar-refractivity contribution >= 4 is 0 Å². The van der Waals surface area contributed by atoms with Gasteiger partial charge >= 0.3 is 0 Å². The summed E-state index contributed by atoms with van der Waals surface area (Å²) in [5.74, 6) is 1.29. The van der Waals surface area contributed by atoms with Gasteiger partial charge in [0.05, 0.1) is 0 Å². The zero-order valence-electron chi connectivity index (χ0n) is 9.20. The zero-order valence-corrected chi connectivity index (χ0v) is 9.20. The lowest BCUT2D eigenvalue weighted by Gasteiger charge is -2.08. The summed E-state index contributed by atoms with van der Waals surface area (Å²) in [6, 6.07) is 0.225. The van der Waals surface area contributed by atoms with Gasteiger partial charge in [-0.25, -0.2) is 9.97 Å². The molecule has 1 rings (SSSR count). The highest BCUT2D eigenvalue weighted by Gasteiger charge is 2.04. The second kappa shape index (κ2) is 5.05. The largest absolute Gasteiger partial charge is 0.327 e. The molecule has 0 aliphatic rings. The molecular weight excluding hydrogens is 174 g/mol. The SMILES string of the molecule is CCC(N)Cc1cnc(C(C)C)nc1. The molecule has 1 heterocycles. The van der Waals surface area contributed by atoms with E-state index in [4.69, 9.17) is 5.73 Å². The van der Waals surface area contributed by atoms with E-state index < -0.39 is 0 Å². The van der Waals surface area contributed by atoms with Crippen molar-refractivity contribution in [1.29, 1.82) is 0 Å². The van der Waals surface area contributed by atoms with Crippen LogP contribution in [0.2, 0.25) is 0 Å². The van der Waals surface area contributed by atoms with E-state index in [1.807, 2.05) is 12.4 Å². The fourth-order valence-corrected chi connectivity index (χ4v) is 1.22. The van der Waals surface area contributed by atoms with Crippen LogP contribution < -0.4 is 5.73 Å². The van der Waals surface area contributed by atoms with E-state index in [1.165, 1.54) is 0 Å². The summed E-state index contributed by atoms with van der Waals surface area (Å²) in [4.78, 5) is 8.60. The Hall–Kier alpha value is -0.960. The van der Waals surface area contributed by atoms with Crippen LogP contribution in [0.25, 0.3) is 0 Å². The van der Waals surface area contributed by atoms with Gasteiger partial charge in [0, 0.05) is 24.4 Å². The van der Waals surface area contributed by atoms with Crippen molar-refractivity contribution in [2.45, 2.75) is 45.6 Å². The summed E-state index contributed by atoms with van der Waals surface area (Å²) < 4.78 is 0. The summed E-state index contributed by atoms with van der Waals surface area (Å²) in [6.07, 6.45) is 5.64. The third-order valence-electron chi connectivity index (χ3n) is 2.26. The number of hydrogen-bond donors (Lipinski definition) is 1. The van der Waals surface area contributed by atoms with E-state index in [2.05, 4.69) is 30.7 Å². The quantitative estimate of drug-likeness (QED) is 0.794. The van der Waals surface area contributed by atoms with Crippen molar-refractivity contribution < 1.29 is 0 Å². The minimum atomic E-state index is 0.225. The van der Waals surface area contributed by atoms with E-state index in [0.717, 1.165) is 24.2 Å². The highest BCUT2D eigenvalue weighted by atomic mass is 14.9. The van der Waals surface area contributed by atoms with Gasteiger partial charge in [-0.1, -0.05) is 20.8 Å². The molecule has 0 aliphatic carbocycles. The van der Waals surface area contributed by atoms with Crippen molar-refractivity contribution in [1.82, 2.24) is 9.97 Å². The van der Waals surface area contributed by atoms with Gasteiger partial charge in [-0.3, -0.25) is 0 Å². The molecule has 2 N–H and O–H groups in total. The molecule has 0 aromatic carbocycles. The Labute approximate surface area is 85.8 Å². The summed E-state index contributed by atoms with van der Waals surface area (Å²) in [6.45, 7) is 6.27. The van der Waals surface area contributed by atoms with E-state index in [9.17, 15) is 0 Å². The lowest BCUT2D eigenvalue weighted by atomic mass is 10.1. The lowest BCUT2D eigenvalue weighted by molar-refractivity contribution is 0.640. The van der Waals surface area contributed by atoms with Gasteiger partial charge in [0.1, 0.15) is 5.82 Å². The smallest absolute Gasteiger partial charge is 0.130 e. The van der Waals surface area contributed by atoms with Crippen LogP contribution in [0.4, 0.5) is 0 Å². The Morgan fingerprint density at radius 2 is 1.86 bits per heavy atom. The van der Waals surface area contributed by atoms with Crippen LogP contribution in [0.15, 0.2) is 12.4 Å². The predicted molar refractivity (Wildman–Crippen MR) is 58.1 cm³/mol. The standard InChI is InChI=1S/C11H19N3/c1-4-10(12)5-9-6-13-11(8(2)3)14-7-9/h6-8,10H,4-5,12H2,1-3H3. The van der Waals surface area contributed by atoms with Gasteiger partial charge in [-0.15, -0.1) is 0 Å². The number of aromatic nitrogens is 2. The molecule has 0 radical (unpaired) electrons. The zero-order chi connectivity index (χ0) is 10.6. The van der Waals surface area contributed by atoms with Gasteiger partial charge in [-0.2, -0.15) is 0 Å². The first-order valence-electron chi connectivity index (χ1n) is 5.19. The first kappa shape index (κ1) is 11.1. The van der Waals surface area contributed by atoms with Crippen LogP contribution in [0.5, 0.6) is 0 Å². The average molecular weight is 193 g/mol. The van der Waals surface area contributed by atoms with Crippen LogP contribution in [0, 0.1) is 0 Å². The third-order valence-corrected chi connectivity index (χ3v) is 2.26. The van der Waals surface area contributed by atoms with Gasteiger partial charge in [0.15, 0.2) is 0 Å². The molecule has 0 spiro atoms. The molecule has 1 atom stereocenters. The van der Waals surface area contributed by atoms with Crippen molar-refractivity contribution in [2.75, 3.05) is 0 Å². The Morgan fingerprint density at radius 1 is 1.29 bits per heavy atom. The number of hydrogen-bond acceptors (Lipinski definition) is 3. The van der Waals surface area contributed by atoms with E-state index in [-0.39, 0.29) is 6.04 Å². The summed E-state index contributed by atoms with van der Waals surface area (Å²) >= 11 is 0. The van der Waals surface area contributed by atoms with E-state index >= 15 is 0 Å². The maximum absolute atomic E-state index is 5.85. The van der Waals surface area contributed by atoms with Gasteiger partial charge in [0.25, 0.3) is 0 Å². The number of rotatable bonds is 4. The number of nitrogens with zero attached hydrogens (tertiary/aromatic N) is 2. The monoisotopic (exact) mass is 193 g/mol. The fraction of sp³-hybridized carbons (Fsp3) is 0.636. The van der Waals surface area contributed by atoms with Crippen LogP contribution in [-0.4, -0.2) is 16.0 Å². The van der Waals surface area contributed by atoms with Crippen molar-refractivity contribution in [3.8, 4) is 0 Å². The molecule has 3 nitrogen and oxygen atoms in total. The Kier molecular flexibility index (Phi) is 4.01. The van der Waals surface area contributed by atoms with Gasteiger partial charge in [0.2, 0.25) is 0 Å². The van der Waals surface area contributed by atoms with Crippen LogP contribution in [-0.2, 0) is 6.42 Å². The second-order valence-electron chi connectivity index (χ2n) is 3.98. The van der Waals surface area contributed by atoms with Crippen LogP contribution in [0.1, 0.15) is 44.5 Å². The summed E-state index contributed by atoms with van der Waals surface area (Å²) in [7, 11) is 0. The van der Waals surface area contributed by atoms with Gasteiger partial charge < -0.3 is 5.73 Å². The van der Waals surface area contributed by atoms with E-state index in [0.29, 0.717) is 5.92 Å². The second-order valence-corrected chi connectivity index (χ2v) is 3.98. The van der Waals surface area contributed by atoms with E-state index in [1.54, 1.807) is 0 Å². The fourth-order valence-electron chi connectivity index (χ4n) is 1.22. The maximum atomic E-state index is 5.85. The molecule has 0 aliphatic heterocycles. The summed E-state index contributed by atoms with van der Waals surface area (Å²) in [5.41, 5.74) is 6.98. The molecule has 0 amide bonds. The van der Waals surface area contributed by atoms with Crippen molar-refractivity contribution in [3.63, 3.8) is 0 Å². The number of nitrogens with two attached hydrogens (primary N) is 1. The molecule has 78 valence electrons. The highest BCUT2D eigenvalue weighted by Crippen LogP contribution is 2.08. The van der Waals surface area contributed by atoms with Crippen molar-refractivity contribution in [2.24, 2.45) is 5.73 Å². The minimum Gasteiger partial charge on any atom is -0.327 e. The molecule has 0 saturated heterocycles. The Bertz CT molecular complexity index is 266. The Morgan fingerprint density at radius 3 is 2.29 bits per heavy atom. The Balaban J connectivity index is 2.64. The molecule has 1 aromatic heterocycles. The van der Waals surface area contributed by atoms with Crippen LogP contribution in [0.3, 0.4) is 0 Å². The van der Waals surface area contributed by atoms with Crippen molar-refractivity contribution in [3.05, 3.63) is 23.8 Å². The maximum Gasteiger partial charge on any atom is 0.130 e. The van der Waals surface area contributed by atoms with Crippen LogP contribution >= 0.6 is 0 Å². The molecule has 3 heteroatoms. The predicted octanol–water partition coefficient (Wildman–Crippen LogP) is 1.88. The molecule has 0 fully saturated rings. The molecule has 1 unspecified atom stereocenters.